The van der Waals surface area contributed by atoms with Gasteiger partial charge in [0.1, 0.15) is 5.75 Å². The van der Waals surface area contributed by atoms with Crippen molar-refractivity contribution in [2.75, 3.05) is 19.5 Å². The Morgan fingerprint density at radius 3 is 2.89 bits per heavy atom. The van der Waals surface area contributed by atoms with E-state index < -0.39 is 0 Å². The van der Waals surface area contributed by atoms with E-state index >= 15 is 0 Å². The van der Waals surface area contributed by atoms with E-state index in [4.69, 9.17) is 15.2 Å². The monoisotopic (exact) mass is 263 g/mol. The maximum atomic E-state index is 5.78. The van der Waals surface area contributed by atoms with Gasteiger partial charge in [-0.3, -0.25) is 0 Å². The largest absolute Gasteiger partial charge is 0.497 e. The summed E-state index contributed by atoms with van der Waals surface area (Å²) in [6.45, 7) is 1.28. The molecule has 0 bridgehead atoms. The molecule has 3 nitrogen and oxygen atoms in total. The van der Waals surface area contributed by atoms with Gasteiger partial charge in [0, 0.05) is 23.1 Å². The van der Waals surface area contributed by atoms with Gasteiger partial charge in [0.05, 0.1) is 20.3 Å². The lowest BCUT2D eigenvalue weighted by molar-refractivity contribution is 0.124. The molecule has 2 aromatic rings. The van der Waals surface area contributed by atoms with Gasteiger partial charge in [0.25, 0.3) is 0 Å². The molecular formula is C14H17NO2S. The first-order valence-corrected chi connectivity index (χ1v) is 6.69. The van der Waals surface area contributed by atoms with Crippen molar-refractivity contribution in [2.45, 2.75) is 13.0 Å². The molecule has 18 heavy (non-hydrogen) atoms. The summed E-state index contributed by atoms with van der Waals surface area (Å²) in [5.74, 6) is 0.770. The van der Waals surface area contributed by atoms with Crippen LogP contribution in [0.1, 0.15) is 10.4 Å². The van der Waals surface area contributed by atoms with E-state index in [1.807, 2.05) is 12.1 Å². The Bertz CT molecular complexity index is 483. The Morgan fingerprint density at radius 1 is 1.28 bits per heavy atom. The summed E-state index contributed by atoms with van der Waals surface area (Å²) in [6, 6.07) is 9.84. The fourth-order valence-corrected chi connectivity index (χ4v) is 2.40. The first-order valence-electron chi connectivity index (χ1n) is 5.81. The maximum absolute atomic E-state index is 5.78. The number of hydrogen-bond acceptors (Lipinski definition) is 4. The lowest BCUT2D eigenvalue weighted by Crippen LogP contribution is -1.99. The predicted molar refractivity (Wildman–Crippen MR) is 75.1 cm³/mol. The van der Waals surface area contributed by atoms with Gasteiger partial charge in [0.15, 0.2) is 0 Å². The van der Waals surface area contributed by atoms with E-state index in [1.165, 1.54) is 4.88 Å². The lowest BCUT2D eigenvalue weighted by atomic mass is 10.2. The van der Waals surface area contributed by atoms with Crippen LogP contribution in [0.25, 0.3) is 0 Å². The van der Waals surface area contributed by atoms with Crippen molar-refractivity contribution in [3.63, 3.8) is 0 Å². The van der Waals surface area contributed by atoms with Crippen molar-refractivity contribution < 1.29 is 9.47 Å². The number of thiophene rings is 1. The highest BCUT2D eigenvalue weighted by Gasteiger charge is 2.00. The van der Waals surface area contributed by atoms with Crippen molar-refractivity contribution in [2.24, 2.45) is 0 Å². The minimum atomic E-state index is 0.562. The first-order chi connectivity index (χ1) is 8.78. The van der Waals surface area contributed by atoms with Crippen molar-refractivity contribution in [1.82, 2.24) is 0 Å². The fraction of sp³-hybridized carbons (Fsp3) is 0.286. The Morgan fingerprint density at radius 2 is 2.17 bits per heavy atom. The van der Waals surface area contributed by atoms with Crippen LogP contribution in [0.4, 0.5) is 5.69 Å². The molecule has 96 valence electrons. The molecule has 1 aromatic heterocycles. The van der Waals surface area contributed by atoms with E-state index in [9.17, 15) is 0 Å². The van der Waals surface area contributed by atoms with Gasteiger partial charge in [-0.05, 0) is 29.1 Å². The first kappa shape index (κ1) is 12.9. The third-order valence-corrected chi connectivity index (χ3v) is 3.50. The van der Waals surface area contributed by atoms with E-state index in [0.29, 0.717) is 12.3 Å². The normalized spacial score (nSPS) is 10.5. The van der Waals surface area contributed by atoms with E-state index in [0.717, 1.165) is 24.3 Å². The number of rotatable bonds is 6. The van der Waals surface area contributed by atoms with Crippen molar-refractivity contribution in [1.29, 1.82) is 0 Å². The van der Waals surface area contributed by atoms with Crippen LogP contribution in [0.15, 0.2) is 35.7 Å². The molecule has 0 aliphatic rings. The summed E-state index contributed by atoms with van der Waals surface area (Å²) in [7, 11) is 1.64. The maximum Gasteiger partial charge on any atom is 0.121 e. The Balaban J connectivity index is 1.81. The zero-order valence-electron chi connectivity index (χ0n) is 10.4. The molecule has 0 amide bonds. The number of methoxy groups -OCH3 is 1. The average molecular weight is 263 g/mol. The van der Waals surface area contributed by atoms with Crippen molar-refractivity contribution >= 4 is 17.0 Å². The molecule has 0 aliphatic carbocycles. The number of ether oxygens (including phenoxy) is 2. The molecule has 0 radical (unpaired) electrons. The summed E-state index contributed by atoms with van der Waals surface area (Å²) >= 11 is 1.76. The molecule has 0 atom stereocenters. The quantitative estimate of drug-likeness (QED) is 0.643. The highest BCUT2D eigenvalue weighted by Crippen LogP contribution is 2.19. The second-order valence-electron chi connectivity index (χ2n) is 4.00. The number of nitrogens with two attached hydrogens (primary N) is 1. The molecule has 1 aromatic carbocycles. The molecular weight excluding hydrogens is 246 g/mol. The zero-order valence-corrected chi connectivity index (χ0v) is 11.2. The van der Waals surface area contributed by atoms with E-state index in [1.54, 1.807) is 24.5 Å². The smallest absolute Gasteiger partial charge is 0.121 e. The second kappa shape index (κ2) is 6.42. The molecule has 0 saturated carbocycles. The summed E-state index contributed by atoms with van der Waals surface area (Å²) in [5.41, 5.74) is 7.52. The van der Waals surface area contributed by atoms with Gasteiger partial charge < -0.3 is 15.2 Å². The highest BCUT2D eigenvalue weighted by atomic mass is 32.1. The summed E-state index contributed by atoms with van der Waals surface area (Å²) in [5, 5.41) is 2.08. The molecule has 0 unspecified atom stereocenters. The van der Waals surface area contributed by atoms with Crippen LogP contribution in [-0.2, 0) is 17.8 Å². The molecule has 0 aliphatic heterocycles. The van der Waals surface area contributed by atoms with Gasteiger partial charge in [-0.1, -0.05) is 6.07 Å². The molecule has 1 heterocycles. The van der Waals surface area contributed by atoms with Crippen molar-refractivity contribution in [3.05, 3.63) is 46.2 Å². The molecule has 0 spiro atoms. The highest BCUT2D eigenvalue weighted by molar-refractivity contribution is 7.09. The molecule has 4 heteroatoms. The average Bonchev–Trinajstić information content (AvgIpc) is 2.87. The third-order valence-electron chi connectivity index (χ3n) is 2.57. The number of benzene rings is 1. The minimum Gasteiger partial charge on any atom is -0.497 e. The molecule has 0 fully saturated rings. The van der Waals surface area contributed by atoms with Gasteiger partial charge >= 0.3 is 0 Å². The fourth-order valence-electron chi connectivity index (χ4n) is 1.70. The van der Waals surface area contributed by atoms with Crippen LogP contribution >= 0.6 is 11.3 Å². The number of hydrogen-bond donors (Lipinski definition) is 1. The van der Waals surface area contributed by atoms with Crippen LogP contribution in [0, 0.1) is 0 Å². The SMILES string of the molecule is COc1cc(N)cc(COCCc2cccs2)c1. The van der Waals surface area contributed by atoms with Crippen LogP contribution < -0.4 is 10.5 Å². The number of anilines is 1. The van der Waals surface area contributed by atoms with Crippen LogP contribution in [-0.4, -0.2) is 13.7 Å². The van der Waals surface area contributed by atoms with Gasteiger partial charge in [-0.2, -0.15) is 0 Å². The second-order valence-corrected chi connectivity index (χ2v) is 5.03. The van der Waals surface area contributed by atoms with Gasteiger partial charge in [0.2, 0.25) is 0 Å². The Hall–Kier alpha value is -1.52. The van der Waals surface area contributed by atoms with Gasteiger partial charge in [-0.25, -0.2) is 0 Å². The summed E-state index contributed by atoms with van der Waals surface area (Å²) < 4.78 is 10.8. The van der Waals surface area contributed by atoms with Crippen LogP contribution in [0.2, 0.25) is 0 Å². The number of nitrogen functional groups attached to an aromatic ring is 1. The summed E-state index contributed by atoms with van der Waals surface area (Å²) in [4.78, 5) is 1.35. The molecule has 2 N–H and O–H groups in total. The summed E-state index contributed by atoms with van der Waals surface area (Å²) in [6.07, 6.45) is 0.955. The minimum absolute atomic E-state index is 0.562. The van der Waals surface area contributed by atoms with Crippen LogP contribution in [0.5, 0.6) is 5.75 Å². The topological polar surface area (TPSA) is 44.5 Å². The predicted octanol–water partition coefficient (Wildman–Crippen LogP) is 3.10. The lowest BCUT2D eigenvalue weighted by Gasteiger charge is -2.07. The molecule has 2 rings (SSSR count). The Kier molecular flexibility index (Phi) is 4.61. The van der Waals surface area contributed by atoms with Crippen LogP contribution in [0.3, 0.4) is 0 Å². The zero-order chi connectivity index (χ0) is 12.8. The Labute approximate surface area is 111 Å². The van der Waals surface area contributed by atoms with E-state index in [-0.39, 0.29) is 0 Å². The van der Waals surface area contributed by atoms with Crippen molar-refractivity contribution in [3.8, 4) is 5.75 Å². The van der Waals surface area contributed by atoms with E-state index in [2.05, 4.69) is 17.5 Å². The standard InChI is InChI=1S/C14H17NO2S/c1-16-13-8-11(7-12(15)9-13)10-17-5-4-14-3-2-6-18-14/h2-3,6-9H,4-5,10,15H2,1H3. The van der Waals surface area contributed by atoms with Gasteiger partial charge in [-0.15, -0.1) is 11.3 Å². The molecule has 0 saturated heterocycles. The third kappa shape index (κ3) is 3.75.